The molecule has 0 spiro atoms. The van der Waals surface area contributed by atoms with Crippen LogP contribution in [0.3, 0.4) is 0 Å². The molecule has 2 amide bonds. The van der Waals surface area contributed by atoms with Crippen LogP contribution in [0.4, 0.5) is 0 Å². The summed E-state index contributed by atoms with van der Waals surface area (Å²) in [5.74, 6) is 0.279. The van der Waals surface area contributed by atoms with Crippen LogP contribution in [-0.2, 0) is 22.6 Å². The molecule has 1 fully saturated rings. The molecule has 1 aliphatic heterocycles. The first-order valence-electron chi connectivity index (χ1n) is 10.3. The van der Waals surface area contributed by atoms with E-state index in [1.165, 1.54) is 4.57 Å². The zero-order valence-electron chi connectivity index (χ0n) is 17.5. The summed E-state index contributed by atoms with van der Waals surface area (Å²) in [4.78, 5) is 40.9. The number of piperazine rings is 1. The largest absolute Gasteiger partial charge is 0.497 e. The minimum Gasteiger partial charge on any atom is -0.497 e. The number of hydrogen-bond acceptors (Lipinski definition) is 5. The van der Waals surface area contributed by atoms with Gasteiger partial charge in [0.15, 0.2) is 5.58 Å². The second-order valence-corrected chi connectivity index (χ2v) is 7.53. The van der Waals surface area contributed by atoms with Gasteiger partial charge in [-0.15, -0.1) is 0 Å². The number of oxazole rings is 1. The molecule has 0 saturated carbocycles. The topological polar surface area (TPSA) is 85.0 Å². The summed E-state index contributed by atoms with van der Waals surface area (Å²) < 4.78 is 11.9. The summed E-state index contributed by atoms with van der Waals surface area (Å²) in [5.41, 5.74) is 2.11. The highest BCUT2D eigenvalue weighted by Gasteiger charge is 2.24. The van der Waals surface area contributed by atoms with Crippen molar-refractivity contribution in [3.63, 3.8) is 0 Å². The molecule has 0 atom stereocenters. The quantitative estimate of drug-likeness (QED) is 0.605. The molecule has 0 bridgehead atoms. The van der Waals surface area contributed by atoms with E-state index in [0.29, 0.717) is 43.7 Å². The second-order valence-electron chi connectivity index (χ2n) is 7.53. The summed E-state index contributed by atoms with van der Waals surface area (Å²) in [7, 11) is 1.60. The number of aryl methyl sites for hydroxylation is 1. The molecule has 8 heteroatoms. The van der Waals surface area contributed by atoms with E-state index in [4.69, 9.17) is 9.15 Å². The Labute approximate surface area is 179 Å². The van der Waals surface area contributed by atoms with Crippen LogP contribution in [0.1, 0.15) is 12.0 Å². The molecule has 1 aliphatic rings. The van der Waals surface area contributed by atoms with Crippen LogP contribution in [-0.4, -0.2) is 59.5 Å². The average molecular weight is 423 g/mol. The predicted molar refractivity (Wildman–Crippen MR) is 115 cm³/mol. The molecule has 1 saturated heterocycles. The zero-order valence-corrected chi connectivity index (χ0v) is 17.5. The number of carbonyl (C=O) groups is 2. The number of para-hydroxylation sites is 2. The van der Waals surface area contributed by atoms with E-state index in [0.717, 1.165) is 11.3 Å². The molecule has 0 unspecified atom stereocenters. The third-order valence-corrected chi connectivity index (χ3v) is 5.60. The molecule has 8 nitrogen and oxygen atoms in total. The molecule has 2 heterocycles. The summed E-state index contributed by atoms with van der Waals surface area (Å²) >= 11 is 0. The van der Waals surface area contributed by atoms with Gasteiger partial charge in [0, 0.05) is 39.1 Å². The number of ether oxygens (including phenoxy) is 1. The van der Waals surface area contributed by atoms with E-state index >= 15 is 0 Å². The number of fused-ring (bicyclic) bond motifs is 1. The Balaban J connectivity index is 1.29. The minimum absolute atomic E-state index is 0.0305. The van der Waals surface area contributed by atoms with Crippen LogP contribution in [0.15, 0.2) is 57.7 Å². The van der Waals surface area contributed by atoms with E-state index in [1.807, 2.05) is 30.3 Å². The van der Waals surface area contributed by atoms with Crippen molar-refractivity contribution in [1.29, 1.82) is 0 Å². The Morgan fingerprint density at radius 3 is 2.42 bits per heavy atom. The Morgan fingerprint density at radius 1 is 0.968 bits per heavy atom. The molecule has 0 aliphatic carbocycles. The van der Waals surface area contributed by atoms with Crippen molar-refractivity contribution in [2.24, 2.45) is 0 Å². The molecular formula is C23H25N3O5. The molecule has 3 aromatic rings. The Morgan fingerprint density at radius 2 is 1.68 bits per heavy atom. The smallest absolute Gasteiger partial charge is 0.419 e. The van der Waals surface area contributed by atoms with Crippen molar-refractivity contribution in [3.8, 4) is 5.75 Å². The number of amides is 2. The van der Waals surface area contributed by atoms with Gasteiger partial charge in [0.05, 0.1) is 19.0 Å². The summed E-state index contributed by atoms with van der Waals surface area (Å²) in [6.45, 7) is 2.25. The van der Waals surface area contributed by atoms with Gasteiger partial charge in [-0.2, -0.15) is 0 Å². The number of aromatic nitrogens is 1. The van der Waals surface area contributed by atoms with Gasteiger partial charge >= 0.3 is 5.76 Å². The lowest BCUT2D eigenvalue weighted by Gasteiger charge is -2.35. The molecule has 0 N–H and O–H groups in total. The van der Waals surface area contributed by atoms with E-state index < -0.39 is 5.76 Å². The minimum atomic E-state index is -0.457. The van der Waals surface area contributed by atoms with Crippen molar-refractivity contribution in [2.75, 3.05) is 33.3 Å². The lowest BCUT2D eigenvalue weighted by Crippen LogP contribution is -2.51. The molecular weight excluding hydrogens is 398 g/mol. The monoisotopic (exact) mass is 423 g/mol. The molecule has 4 rings (SSSR count). The number of carbonyl (C=O) groups excluding carboxylic acids is 2. The summed E-state index contributed by atoms with van der Waals surface area (Å²) in [5, 5.41) is 0. The fourth-order valence-corrected chi connectivity index (χ4v) is 3.87. The van der Waals surface area contributed by atoms with Crippen molar-refractivity contribution >= 4 is 22.9 Å². The number of rotatable bonds is 6. The van der Waals surface area contributed by atoms with Crippen molar-refractivity contribution in [3.05, 3.63) is 64.6 Å². The van der Waals surface area contributed by atoms with Gasteiger partial charge in [0.1, 0.15) is 5.75 Å². The van der Waals surface area contributed by atoms with Crippen molar-refractivity contribution < 1.29 is 18.7 Å². The fourth-order valence-electron chi connectivity index (χ4n) is 3.87. The molecule has 1 aromatic heterocycles. The zero-order chi connectivity index (χ0) is 21.8. The summed E-state index contributed by atoms with van der Waals surface area (Å²) in [6.07, 6.45) is 0.517. The van der Waals surface area contributed by atoms with Gasteiger partial charge < -0.3 is 19.0 Å². The predicted octanol–water partition coefficient (Wildman–Crippen LogP) is 1.91. The van der Waals surface area contributed by atoms with Gasteiger partial charge in [-0.1, -0.05) is 24.3 Å². The first-order chi connectivity index (χ1) is 15.0. The second kappa shape index (κ2) is 9.07. The maximum absolute atomic E-state index is 12.6. The van der Waals surface area contributed by atoms with E-state index in [1.54, 1.807) is 35.1 Å². The SMILES string of the molecule is COc1cccc(CC(=O)N2CCN(C(=O)CCn3c(=O)oc4ccccc43)CC2)c1. The maximum Gasteiger partial charge on any atom is 0.419 e. The summed E-state index contributed by atoms with van der Waals surface area (Å²) in [6, 6.07) is 14.6. The average Bonchev–Trinajstić information content (AvgIpc) is 3.12. The molecule has 0 radical (unpaired) electrons. The lowest BCUT2D eigenvalue weighted by molar-refractivity contribution is -0.139. The highest BCUT2D eigenvalue weighted by atomic mass is 16.5. The first-order valence-corrected chi connectivity index (χ1v) is 10.3. The Kier molecular flexibility index (Phi) is 6.06. The van der Waals surface area contributed by atoms with E-state index in [-0.39, 0.29) is 24.8 Å². The number of benzene rings is 2. The Bertz CT molecular complexity index is 1140. The fraction of sp³-hybridized carbons (Fsp3) is 0.348. The molecule has 2 aromatic carbocycles. The number of methoxy groups -OCH3 is 1. The van der Waals surface area contributed by atoms with Crippen LogP contribution >= 0.6 is 0 Å². The van der Waals surface area contributed by atoms with Crippen LogP contribution < -0.4 is 10.5 Å². The van der Waals surface area contributed by atoms with E-state index in [9.17, 15) is 14.4 Å². The third-order valence-electron chi connectivity index (χ3n) is 5.60. The third kappa shape index (κ3) is 4.63. The normalized spacial score (nSPS) is 14.1. The van der Waals surface area contributed by atoms with Crippen molar-refractivity contribution in [1.82, 2.24) is 14.4 Å². The van der Waals surface area contributed by atoms with Crippen LogP contribution in [0, 0.1) is 0 Å². The standard InChI is InChI=1S/C23H25N3O5/c1-30-18-6-4-5-17(15-18)16-22(28)25-13-11-24(12-14-25)21(27)9-10-26-19-7-2-3-8-20(19)31-23(26)29/h2-8,15H,9-14,16H2,1H3. The van der Waals surface area contributed by atoms with Crippen LogP contribution in [0.5, 0.6) is 5.75 Å². The van der Waals surface area contributed by atoms with Gasteiger partial charge in [-0.3, -0.25) is 14.2 Å². The van der Waals surface area contributed by atoms with Gasteiger partial charge in [-0.05, 0) is 29.8 Å². The van der Waals surface area contributed by atoms with Gasteiger partial charge in [0.25, 0.3) is 0 Å². The van der Waals surface area contributed by atoms with Gasteiger partial charge in [0.2, 0.25) is 11.8 Å². The molecule has 162 valence electrons. The molecule has 31 heavy (non-hydrogen) atoms. The first kappa shape index (κ1) is 20.7. The lowest BCUT2D eigenvalue weighted by atomic mass is 10.1. The van der Waals surface area contributed by atoms with Crippen molar-refractivity contribution in [2.45, 2.75) is 19.4 Å². The van der Waals surface area contributed by atoms with Crippen LogP contribution in [0.2, 0.25) is 0 Å². The maximum atomic E-state index is 12.6. The highest BCUT2D eigenvalue weighted by molar-refractivity contribution is 5.80. The Hall–Kier alpha value is -3.55. The van der Waals surface area contributed by atoms with Gasteiger partial charge in [-0.25, -0.2) is 4.79 Å². The number of hydrogen-bond donors (Lipinski definition) is 0. The highest BCUT2D eigenvalue weighted by Crippen LogP contribution is 2.15. The van der Waals surface area contributed by atoms with Crippen LogP contribution in [0.25, 0.3) is 11.1 Å². The van der Waals surface area contributed by atoms with E-state index in [2.05, 4.69) is 0 Å². The number of nitrogens with zero attached hydrogens (tertiary/aromatic N) is 3.